The summed E-state index contributed by atoms with van der Waals surface area (Å²) < 4.78 is 0. The maximum Gasteiger partial charge on any atom is 0.357 e. The van der Waals surface area contributed by atoms with Crippen LogP contribution in [0.1, 0.15) is 10.5 Å². The Hall–Kier alpha value is -1.81. The molecular formula is C10H7ClN2O2. The molecule has 0 saturated carbocycles. The van der Waals surface area contributed by atoms with Crippen LogP contribution < -0.4 is 0 Å². The van der Waals surface area contributed by atoms with E-state index in [0.717, 1.165) is 5.56 Å². The van der Waals surface area contributed by atoms with Gasteiger partial charge in [0, 0.05) is 0 Å². The molecule has 0 aliphatic rings. The first-order valence-corrected chi connectivity index (χ1v) is 4.60. The molecule has 0 unspecified atom stereocenters. The smallest absolute Gasteiger partial charge is 0.357 e. The number of aromatic amines is 1. The van der Waals surface area contributed by atoms with Gasteiger partial charge in [-0.05, 0) is 5.56 Å². The fourth-order valence-corrected chi connectivity index (χ4v) is 1.58. The number of benzene rings is 1. The summed E-state index contributed by atoms with van der Waals surface area (Å²) in [5.41, 5.74) is 1.09. The monoisotopic (exact) mass is 222 g/mol. The lowest BCUT2D eigenvalue weighted by molar-refractivity contribution is 0.0691. The van der Waals surface area contributed by atoms with Crippen LogP contribution in [-0.4, -0.2) is 21.3 Å². The van der Waals surface area contributed by atoms with Gasteiger partial charge in [-0.3, -0.25) is 5.10 Å². The lowest BCUT2D eigenvalue weighted by Crippen LogP contribution is -1.98. The molecule has 5 heteroatoms. The summed E-state index contributed by atoms with van der Waals surface area (Å²) in [5, 5.41) is 15.2. The second kappa shape index (κ2) is 3.74. The minimum atomic E-state index is -1.10. The normalized spacial score (nSPS) is 10.2. The molecule has 1 aromatic heterocycles. The van der Waals surface area contributed by atoms with E-state index in [4.69, 9.17) is 16.7 Å². The number of aromatic nitrogens is 2. The van der Waals surface area contributed by atoms with Crippen molar-refractivity contribution in [2.24, 2.45) is 0 Å². The lowest BCUT2D eigenvalue weighted by Gasteiger charge is -1.99. The summed E-state index contributed by atoms with van der Waals surface area (Å²) >= 11 is 5.84. The predicted octanol–water partition coefficient (Wildman–Crippen LogP) is 2.43. The third kappa shape index (κ3) is 1.71. The number of nitrogens with zero attached hydrogens (tertiary/aromatic N) is 1. The maximum atomic E-state index is 10.9. The predicted molar refractivity (Wildman–Crippen MR) is 56.0 cm³/mol. The first-order chi connectivity index (χ1) is 7.20. The van der Waals surface area contributed by atoms with Gasteiger partial charge in [0.05, 0.1) is 5.56 Å². The molecule has 0 radical (unpaired) electrons. The van der Waals surface area contributed by atoms with Crippen molar-refractivity contribution in [2.75, 3.05) is 0 Å². The van der Waals surface area contributed by atoms with Gasteiger partial charge in [0.2, 0.25) is 0 Å². The third-order valence-electron chi connectivity index (χ3n) is 1.99. The van der Waals surface area contributed by atoms with E-state index in [-0.39, 0.29) is 10.8 Å². The number of nitrogens with one attached hydrogen (secondary N) is 1. The van der Waals surface area contributed by atoms with Crippen LogP contribution in [0.15, 0.2) is 30.3 Å². The van der Waals surface area contributed by atoms with Crippen molar-refractivity contribution >= 4 is 17.6 Å². The van der Waals surface area contributed by atoms with Gasteiger partial charge in [-0.15, -0.1) is 0 Å². The number of H-pyrrole nitrogens is 1. The first-order valence-electron chi connectivity index (χ1n) is 4.22. The van der Waals surface area contributed by atoms with Crippen molar-refractivity contribution in [3.05, 3.63) is 41.2 Å². The van der Waals surface area contributed by atoms with E-state index in [1.807, 2.05) is 18.2 Å². The zero-order valence-electron chi connectivity index (χ0n) is 7.57. The van der Waals surface area contributed by atoms with Crippen molar-refractivity contribution in [1.29, 1.82) is 0 Å². The van der Waals surface area contributed by atoms with Gasteiger partial charge >= 0.3 is 5.97 Å². The molecule has 0 aliphatic heterocycles. The average molecular weight is 223 g/mol. The van der Waals surface area contributed by atoms with Crippen LogP contribution in [0.3, 0.4) is 0 Å². The SMILES string of the molecule is O=C(O)c1n[nH]c(Cl)c1-c1ccccc1. The molecule has 0 amide bonds. The van der Waals surface area contributed by atoms with E-state index < -0.39 is 5.97 Å². The zero-order valence-corrected chi connectivity index (χ0v) is 8.32. The molecule has 0 aliphatic carbocycles. The Kier molecular flexibility index (Phi) is 2.43. The largest absolute Gasteiger partial charge is 0.476 e. The Morgan fingerprint density at radius 1 is 1.33 bits per heavy atom. The molecule has 0 atom stereocenters. The topological polar surface area (TPSA) is 66.0 Å². The summed E-state index contributed by atoms with van der Waals surface area (Å²) in [4.78, 5) is 10.9. The van der Waals surface area contributed by atoms with Crippen molar-refractivity contribution < 1.29 is 9.90 Å². The summed E-state index contributed by atoms with van der Waals surface area (Å²) in [7, 11) is 0. The molecule has 15 heavy (non-hydrogen) atoms. The second-order valence-corrected chi connectivity index (χ2v) is 3.31. The van der Waals surface area contributed by atoms with Gasteiger partial charge in [0.15, 0.2) is 5.69 Å². The van der Waals surface area contributed by atoms with Gasteiger partial charge in [-0.1, -0.05) is 41.9 Å². The number of carboxylic acid groups (broad SMARTS) is 1. The Morgan fingerprint density at radius 3 is 2.60 bits per heavy atom. The standard InChI is InChI=1S/C10H7ClN2O2/c11-9-7(6-4-2-1-3-5-6)8(10(14)15)12-13-9/h1-5H,(H,12,13)(H,14,15). The molecule has 1 aromatic carbocycles. The van der Waals surface area contributed by atoms with Gasteiger partial charge in [-0.2, -0.15) is 5.10 Å². The molecular weight excluding hydrogens is 216 g/mol. The third-order valence-corrected chi connectivity index (χ3v) is 2.26. The van der Waals surface area contributed by atoms with E-state index in [2.05, 4.69) is 10.2 Å². The highest BCUT2D eigenvalue weighted by atomic mass is 35.5. The van der Waals surface area contributed by atoms with Crippen LogP contribution in [0, 0.1) is 0 Å². The van der Waals surface area contributed by atoms with Gasteiger partial charge in [0.25, 0.3) is 0 Å². The average Bonchev–Trinajstić information content (AvgIpc) is 2.61. The molecule has 2 rings (SSSR count). The number of aromatic carboxylic acids is 1. The number of hydrogen-bond acceptors (Lipinski definition) is 2. The molecule has 76 valence electrons. The Balaban J connectivity index is 2.62. The molecule has 0 bridgehead atoms. The van der Waals surface area contributed by atoms with Crippen molar-refractivity contribution in [2.45, 2.75) is 0 Å². The fraction of sp³-hybridized carbons (Fsp3) is 0. The molecule has 0 spiro atoms. The summed E-state index contributed by atoms with van der Waals surface area (Å²) in [6, 6.07) is 9.03. The highest BCUT2D eigenvalue weighted by Gasteiger charge is 2.18. The van der Waals surface area contributed by atoms with Crippen LogP contribution in [0.5, 0.6) is 0 Å². The van der Waals surface area contributed by atoms with E-state index in [1.54, 1.807) is 12.1 Å². The van der Waals surface area contributed by atoms with Crippen LogP contribution in [0.2, 0.25) is 5.15 Å². The number of carbonyl (C=O) groups is 1. The molecule has 2 aromatic rings. The molecule has 0 saturated heterocycles. The van der Waals surface area contributed by atoms with Gasteiger partial charge in [0.1, 0.15) is 5.15 Å². The Morgan fingerprint density at radius 2 is 2.00 bits per heavy atom. The minimum absolute atomic E-state index is 0.0637. The van der Waals surface area contributed by atoms with E-state index in [0.29, 0.717) is 5.56 Å². The van der Waals surface area contributed by atoms with Gasteiger partial charge < -0.3 is 5.11 Å². The van der Waals surface area contributed by atoms with Crippen molar-refractivity contribution in [3.63, 3.8) is 0 Å². The fourth-order valence-electron chi connectivity index (χ4n) is 1.34. The molecule has 1 heterocycles. The van der Waals surface area contributed by atoms with Crippen LogP contribution >= 0.6 is 11.6 Å². The van der Waals surface area contributed by atoms with Gasteiger partial charge in [-0.25, -0.2) is 4.79 Å². The quantitative estimate of drug-likeness (QED) is 0.820. The maximum absolute atomic E-state index is 10.9. The number of carboxylic acids is 1. The molecule has 0 fully saturated rings. The summed E-state index contributed by atoms with van der Waals surface area (Å²) in [5.74, 6) is -1.10. The minimum Gasteiger partial charge on any atom is -0.476 e. The van der Waals surface area contributed by atoms with Crippen LogP contribution in [-0.2, 0) is 0 Å². The van der Waals surface area contributed by atoms with Crippen LogP contribution in [0.4, 0.5) is 0 Å². The Bertz CT molecular complexity index is 493. The lowest BCUT2D eigenvalue weighted by atomic mass is 10.1. The highest BCUT2D eigenvalue weighted by Crippen LogP contribution is 2.29. The van der Waals surface area contributed by atoms with E-state index in [1.165, 1.54) is 0 Å². The zero-order chi connectivity index (χ0) is 10.8. The molecule has 2 N–H and O–H groups in total. The second-order valence-electron chi connectivity index (χ2n) is 2.93. The first kappa shape index (κ1) is 9.73. The van der Waals surface area contributed by atoms with Crippen LogP contribution in [0.25, 0.3) is 11.1 Å². The number of halogens is 1. The van der Waals surface area contributed by atoms with Crippen molar-refractivity contribution in [3.8, 4) is 11.1 Å². The van der Waals surface area contributed by atoms with Crippen molar-refractivity contribution in [1.82, 2.24) is 10.2 Å². The summed E-state index contributed by atoms with van der Waals surface area (Å²) in [6.07, 6.45) is 0. The molecule has 4 nitrogen and oxygen atoms in total. The highest BCUT2D eigenvalue weighted by molar-refractivity contribution is 6.32. The summed E-state index contributed by atoms with van der Waals surface area (Å²) in [6.45, 7) is 0. The number of rotatable bonds is 2. The van der Waals surface area contributed by atoms with E-state index >= 15 is 0 Å². The van der Waals surface area contributed by atoms with E-state index in [9.17, 15) is 4.79 Å². The Labute approximate surface area is 90.5 Å². The number of hydrogen-bond donors (Lipinski definition) is 2.